The SMILES string of the molecule is CCN(CC(=O)NC(C)(C)C)C(=O)C(C)NC(=O)c1cccs1. The molecule has 0 aliphatic rings. The number of thiophene rings is 1. The third-order valence-corrected chi connectivity index (χ3v) is 3.87. The van der Waals surface area contributed by atoms with Gasteiger partial charge in [-0.15, -0.1) is 11.3 Å². The average molecular weight is 339 g/mol. The summed E-state index contributed by atoms with van der Waals surface area (Å²) in [5.74, 6) is -0.776. The van der Waals surface area contributed by atoms with Gasteiger partial charge in [0.2, 0.25) is 11.8 Å². The zero-order valence-electron chi connectivity index (χ0n) is 14.3. The molecule has 0 spiro atoms. The fourth-order valence-corrected chi connectivity index (χ4v) is 2.61. The van der Waals surface area contributed by atoms with Crippen molar-refractivity contribution in [1.29, 1.82) is 0 Å². The summed E-state index contributed by atoms with van der Waals surface area (Å²) in [5, 5.41) is 7.29. The second kappa shape index (κ2) is 8.10. The Morgan fingerprint density at radius 3 is 2.43 bits per heavy atom. The van der Waals surface area contributed by atoms with Crippen LogP contribution in [0, 0.1) is 0 Å². The number of nitrogens with zero attached hydrogens (tertiary/aromatic N) is 1. The van der Waals surface area contributed by atoms with Crippen molar-refractivity contribution in [2.45, 2.75) is 46.2 Å². The van der Waals surface area contributed by atoms with Crippen LogP contribution in [0.2, 0.25) is 0 Å². The number of hydrogen-bond donors (Lipinski definition) is 2. The van der Waals surface area contributed by atoms with Gasteiger partial charge in [-0.2, -0.15) is 0 Å². The minimum absolute atomic E-state index is 0.0220. The van der Waals surface area contributed by atoms with E-state index in [9.17, 15) is 14.4 Å². The molecular weight excluding hydrogens is 314 g/mol. The van der Waals surface area contributed by atoms with E-state index < -0.39 is 6.04 Å². The van der Waals surface area contributed by atoms with Crippen LogP contribution in [-0.2, 0) is 9.59 Å². The zero-order valence-corrected chi connectivity index (χ0v) is 15.1. The average Bonchev–Trinajstić information content (AvgIpc) is 2.96. The summed E-state index contributed by atoms with van der Waals surface area (Å²) in [5.41, 5.74) is -0.349. The second-order valence-electron chi connectivity index (χ2n) is 6.32. The quantitative estimate of drug-likeness (QED) is 0.827. The van der Waals surface area contributed by atoms with E-state index in [2.05, 4.69) is 10.6 Å². The molecule has 3 amide bonds. The fourth-order valence-electron chi connectivity index (χ4n) is 1.99. The van der Waals surface area contributed by atoms with E-state index in [-0.39, 0.29) is 29.8 Å². The van der Waals surface area contributed by atoms with Crippen molar-refractivity contribution in [3.05, 3.63) is 22.4 Å². The molecule has 6 nitrogen and oxygen atoms in total. The molecule has 1 aromatic rings. The van der Waals surface area contributed by atoms with E-state index in [1.54, 1.807) is 31.4 Å². The highest BCUT2D eigenvalue weighted by atomic mass is 32.1. The van der Waals surface area contributed by atoms with E-state index in [1.165, 1.54) is 16.2 Å². The van der Waals surface area contributed by atoms with Gasteiger partial charge in [-0.05, 0) is 46.1 Å². The number of amides is 3. The van der Waals surface area contributed by atoms with Crippen LogP contribution in [0.5, 0.6) is 0 Å². The lowest BCUT2D eigenvalue weighted by atomic mass is 10.1. The van der Waals surface area contributed by atoms with E-state index >= 15 is 0 Å². The summed E-state index contributed by atoms with van der Waals surface area (Å²) < 4.78 is 0. The molecule has 0 bridgehead atoms. The maximum absolute atomic E-state index is 12.4. The lowest BCUT2D eigenvalue weighted by Crippen LogP contribution is -2.51. The first-order valence-electron chi connectivity index (χ1n) is 7.58. The largest absolute Gasteiger partial charge is 0.350 e. The van der Waals surface area contributed by atoms with E-state index in [4.69, 9.17) is 0 Å². The van der Waals surface area contributed by atoms with Crippen LogP contribution < -0.4 is 10.6 Å². The van der Waals surface area contributed by atoms with Crippen molar-refractivity contribution in [2.75, 3.05) is 13.1 Å². The smallest absolute Gasteiger partial charge is 0.261 e. The van der Waals surface area contributed by atoms with Crippen LogP contribution in [0.25, 0.3) is 0 Å². The molecule has 1 aromatic heterocycles. The second-order valence-corrected chi connectivity index (χ2v) is 7.27. The minimum Gasteiger partial charge on any atom is -0.350 e. The van der Waals surface area contributed by atoms with Crippen LogP contribution in [0.4, 0.5) is 0 Å². The highest BCUT2D eigenvalue weighted by Crippen LogP contribution is 2.08. The van der Waals surface area contributed by atoms with Crippen molar-refractivity contribution in [1.82, 2.24) is 15.5 Å². The first-order valence-corrected chi connectivity index (χ1v) is 8.46. The lowest BCUT2D eigenvalue weighted by Gasteiger charge is -2.27. The number of hydrogen-bond acceptors (Lipinski definition) is 4. The molecule has 7 heteroatoms. The van der Waals surface area contributed by atoms with Crippen molar-refractivity contribution in [2.24, 2.45) is 0 Å². The van der Waals surface area contributed by atoms with E-state index in [0.717, 1.165) is 0 Å². The molecule has 0 fully saturated rings. The number of nitrogens with one attached hydrogen (secondary N) is 2. The highest BCUT2D eigenvalue weighted by Gasteiger charge is 2.24. The number of likely N-dealkylation sites (N-methyl/N-ethyl adjacent to an activating group) is 1. The van der Waals surface area contributed by atoms with Gasteiger partial charge < -0.3 is 15.5 Å². The van der Waals surface area contributed by atoms with Gasteiger partial charge in [0.15, 0.2) is 0 Å². The number of carbonyl (C=O) groups is 3. The van der Waals surface area contributed by atoms with Gasteiger partial charge in [-0.1, -0.05) is 6.07 Å². The van der Waals surface area contributed by atoms with Crippen LogP contribution in [0.3, 0.4) is 0 Å². The van der Waals surface area contributed by atoms with Crippen LogP contribution in [0.1, 0.15) is 44.3 Å². The van der Waals surface area contributed by atoms with Gasteiger partial charge in [0.05, 0.1) is 11.4 Å². The van der Waals surface area contributed by atoms with Gasteiger partial charge in [0.25, 0.3) is 5.91 Å². The molecule has 2 N–H and O–H groups in total. The van der Waals surface area contributed by atoms with Gasteiger partial charge in [-0.3, -0.25) is 14.4 Å². The number of carbonyl (C=O) groups excluding carboxylic acids is 3. The standard InChI is InChI=1S/C16H25N3O3S/c1-6-19(10-13(20)18-16(3,4)5)15(22)11(2)17-14(21)12-8-7-9-23-12/h7-9,11H,6,10H2,1-5H3,(H,17,21)(H,18,20). The summed E-state index contributed by atoms with van der Waals surface area (Å²) in [4.78, 5) is 38.4. The normalized spacial score (nSPS) is 12.4. The molecule has 0 aliphatic carbocycles. The third kappa shape index (κ3) is 6.40. The monoisotopic (exact) mass is 339 g/mol. The van der Waals surface area contributed by atoms with Crippen molar-refractivity contribution in [3.8, 4) is 0 Å². The van der Waals surface area contributed by atoms with Crippen LogP contribution in [-0.4, -0.2) is 47.3 Å². The molecule has 1 rings (SSSR count). The van der Waals surface area contributed by atoms with E-state index in [0.29, 0.717) is 11.4 Å². The fraction of sp³-hybridized carbons (Fsp3) is 0.562. The topological polar surface area (TPSA) is 78.5 Å². The predicted molar refractivity (Wildman–Crippen MR) is 91.4 cm³/mol. The maximum Gasteiger partial charge on any atom is 0.261 e. The van der Waals surface area contributed by atoms with Crippen molar-refractivity contribution >= 4 is 29.1 Å². The van der Waals surface area contributed by atoms with E-state index in [1.807, 2.05) is 20.8 Å². The summed E-state index contributed by atoms with van der Waals surface area (Å²) in [7, 11) is 0. The molecule has 1 unspecified atom stereocenters. The summed E-state index contributed by atoms with van der Waals surface area (Å²) >= 11 is 1.31. The van der Waals surface area contributed by atoms with Gasteiger partial charge in [-0.25, -0.2) is 0 Å². The van der Waals surface area contributed by atoms with Crippen LogP contribution >= 0.6 is 11.3 Å². The Kier molecular flexibility index (Phi) is 6.75. The molecule has 0 aromatic carbocycles. The summed E-state index contributed by atoms with van der Waals surface area (Å²) in [6.07, 6.45) is 0. The maximum atomic E-state index is 12.4. The molecule has 23 heavy (non-hydrogen) atoms. The lowest BCUT2D eigenvalue weighted by molar-refractivity contribution is -0.137. The van der Waals surface area contributed by atoms with Gasteiger partial charge in [0.1, 0.15) is 6.04 Å². The predicted octanol–water partition coefficient (Wildman–Crippen LogP) is 1.63. The first-order chi connectivity index (χ1) is 10.6. The van der Waals surface area contributed by atoms with Crippen molar-refractivity contribution in [3.63, 3.8) is 0 Å². The summed E-state index contributed by atoms with van der Waals surface area (Å²) in [6, 6.07) is 2.79. The Balaban J connectivity index is 2.61. The minimum atomic E-state index is -0.688. The Labute approximate surface area is 141 Å². The molecule has 128 valence electrons. The third-order valence-electron chi connectivity index (χ3n) is 3.01. The molecular formula is C16H25N3O3S. The van der Waals surface area contributed by atoms with Crippen molar-refractivity contribution < 1.29 is 14.4 Å². The zero-order chi connectivity index (χ0) is 17.6. The Hall–Kier alpha value is -1.89. The Morgan fingerprint density at radius 2 is 1.96 bits per heavy atom. The van der Waals surface area contributed by atoms with Gasteiger partial charge in [0, 0.05) is 12.1 Å². The molecule has 1 heterocycles. The molecule has 0 saturated carbocycles. The molecule has 0 aliphatic heterocycles. The Morgan fingerprint density at radius 1 is 1.30 bits per heavy atom. The van der Waals surface area contributed by atoms with Crippen LogP contribution in [0.15, 0.2) is 17.5 Å². The molecule has 0 saturated heterocycles. The first kappa shape index (κ1) is 19.2. The highest BCUT2D eigenvalue weighted by molar-refractivity contribution is 7.12. The Bertz CT molecular complexity index is 549. The number of rotatable bonds is 6. The summed E-state index contributed by atoms with van der Waals surface area (Å²) in [6.45, 7) is 9.45. The molecule has 0 radical (unpaired) electrons. The molecule has 1 atom stereocenters. The van der Waals surface area contributed by atoms with Gasteiger partial charge >= 0.3 is 0 Å².